The second-order valence-corrected chi connectivity index (χ2v) is 8.48. The van der Waals surface area contributed by atoms with Crippen molar-refractivity contribution in [3.05, 3.63) is 65.4 Å². The molecule has 4 rings (SSSR count). The summed E-state index contributed by atoms with van der Waals surface area (Å²) in [6, 6.07) is 9.31. The number of rotatable bonds is 2. The van der Waals surface area contributed by atoms with Crippen LogP contribution in [0.4, 0.5) is 9.18 Å². The molecule has 0 aliphatic carbocycles. The molecule has 2 aromatic heterocycles. The minimum atomic E-state index is -0.576. The van der Waals surface area contributed by atoms with E-state index in [-0.39, 0.29) is 18.0 Å². The molecule has 1 saturated heterocycles. The highest BCUT2D eigenvalue weighted by Gasteiger charge is 2.36. The van der Waals surface area contributed by atoms with Crippen molar-refractivity contribution in [1.29, 1.82) is 0 Å². The highest BCUT2D eigenvalue weighted by atomic mass is 19.1. The Morgan fingerprint density at radius 3 is 2.62 bits per heavy atom. The maximum atomic E-state index is 13.3. The molecule has 1 atom stereocenters. The zero-order valence-corrected chi connectivity index (χ0v) is 20.1. The molecular weight excluding hydrogens is 435 g/mol. The lowest BCUT2D eigenvalue weighted by Crippen LogP contribution is -2.36. The van der Waals surface area contributed by atoms with Gasteiger partial charge in [-0.25, -0.2) is 9.18 Å². The molecule has 178 valence electrons. The molecule has 34 heavy (non-hydrogen) atoms. The molecule has 1 aromatic carbocycles. The summed E-state index contributed by atoms with van der Waals surface area (Å²) in [7, 11) is 0. The van der Waals surface area contributed by atoms with Gasteiger partial charge in [0.2, 0.25) is 11.7 Å². The molecule has 0 saturated carbocycles. The van der Waals surface area contributed by atoms with Crippen LogP contribution in [0.15, 0.2) is 47.1 Å². The topological polar surface area (TPSA) is 81.4 Å². The van der Waals surface area contributed by atoms with Crippen molar-refractivity contribution < 1.29 is 18.4 Å². The van der Waals surface area contributed by atoms with E-state index in [1.54, 1.807) is 35.4 Å². The number of carbonyl (C=O) groups excluding carboxylic acids is 1. The number of likely N-dealkylation sites (tertiary alicyclic amines) is 1. The zero-order chi connectivity index (χ0) is 24.7. The first kappa shape index (κ1) is 24.9. The average Bonchev–Trinajstić information content (AvgIpc) is 3.48. The van der Waals surface area contributed by atoms with Crippen LogP contribution in [0.3, 0.4) is 0 Å². The summed E-state index contributed by atoms with van der Waals surface area (Å²) >= 11 is 0. The first-order valence-electron chi connectivity index (χ1n) is 11.4. The van der Waals surface area contributed by atoms with E-state index in [1.807, 2.05) is 34.6 Å². The molecule has 3 heterocycles. The lowest BCUT2D eigenvalue weighted by atomic mass is 10.2. The maximum Gasteiger partial charge on any atom is 0.410 e. The number of benzene rings is 1. The maximum absolute atomic E-state index is 13.3. The van der Waals surface area contributed by atoms with Gasteiger partial charge in [0, 0.05) is 23.9 Å². The van der Waals surface area contributed by atoms with Gasteiger partial charge in [-0.1, -0.05) is 36.9 Å². The van der Waals surface area contributed by atoms with E-state index in [9.17, 15) is 9.18 Å². The van der Waals surface area contributed by atoms with Crippen LogP contribution in [0.25, 0.3) is 11.5 Å². The number of ether oxygens (including phenoxy) is 1. The Morgan fingerprint density at radius 1 is 1.18 bits per heavy atom. The minimum Gasteiger partial charge on any atom is -0.444 e. The van der Waals surface area contributed by atoms with E-state index >= 15 is 0 Å². The van der Waals surface area contributed by atoms with Crippen molar-refractivity contribution in [2.24, 2.45) is 0 Å². The first-order valence-corrected chi connectivity index (χ1v) is 11.4. The van der Waals surface area contributed by atoms with Crippen LogP contribution < -0.4 is 0 Å². The van der Waals surface area contributed by atoms with E-state index in [0.717, 1.165) is 12.8 Å². The summed E-state index contributed by atoms with van der Waals surface area (Å²) in [5, 5.41) is 4.03. The van der Waals surface area contributed by atoms with Crippen LogP contribution in [0.1, 0.15) is 70.5 Å². The van der Waals surface area contributed by atoms with Crippen molar-refractivity contribution in [2.75, 3.05) is 6.54 Å². The van der Waals surface area contributed by atoms with Crippen LogP contribution in [0, 0.1) is 17.7 Å². The Balaban J connectivity index is 0.00000158. The van der Waals surface area contributed by atoms with Crippen LogP contribution in [-0.2, 0) is 4.74 Å². The lowest BCUT2D eigenvalue weighted by Gasteiger charge is -2.26. The Labute approximate surface area is 199 Å². The van der Waals surface area contributed by atoms with Gasteiger partial charge >= 0.3 is 6.09 Å². The highest BCUT2D eigenvalue weighted by Crippen LogP contribution is 2.33. The smallest absolute Gasteiger partial charge is 0.410 e. The molecule has 0 bridgehead atoms. The number of pyridine rings is 1. The van der Waals surface area contributed by atoms with Gasteiger partial charge < -0.3 is 9.26 Å². The first-order chi connectivity index (χ1) is 16.3. The molecule has 8 heteroatoms. The van der Waals surface area contributed by atoms with E-state index in [1.165, 1.54) is 12.1 Å². The molecule has 1 amide bonds. The van der Waals surface area contributed by atoms with Crippen LogP contribution in [-0.4, -0.2) is 38.3 Å². The number of amides is 1. The van der Waals surface area contributed by atoms with Gasteiger partial charge in [-0.2, -0.15) is 4.98 Å². The molecule has 0 spiro atoms. The SMILES string of the molecule is CC.CC(C)(C)OC(=O)N1CCCC1c1nc(-c2ccc(C#Cc3cccc(F)c3)cn2)no1. The Bertz CT molecular complexity index is 1170. The minimum absolute atomic E-state index is 0.317. The third kappa shape index (κ3) is 6.41. The van der Waals surface area contributed by atoms with Crippen molar-refractivity contribution in [2.45, 2.75) is 59.1 Å². The predicted molar refractivity (Wildman–Crippen MR) is 126 cm³/mol. The number of hydrogen-bond acceptors (Lipinski definition) is 6. The van der Waals surface area contributed by atoms with E-state index in [0.29, 0.717) is 35.1 Å². The Morgan fingerprint density at radius 2 is 1.94 bits per heavy atom. The van der Waals surface area contributed by atoms with Gasteiger partial charge in [0.25, 0.3) is 0 Å². The molecule has 1 unspecified atom stereocenters. The fraction of sp³-hybridized carbons (Fsp3) is 0.385. The lowest BCUT2D eigenvalue weighted by molar-refractivity contribution is 0.0199. The average molecular weight is 465 g/mol. The molecule has 0 N–H and O–H groups in total. The number of aromatic nitrogens is 3. The number of hydrogen-bond donors (Lipinski definition) is 0. The summed E-state index contributed by atoms with van der Waals surface area (Å²) in [4.78, 5) is 22.9. The monoisotopic (exact) mass is 464 g/mol. The summed E-state index contributed by atoms with van der Waals surface area (Å²) in [5.41, 5.74) is 1.21. The van der Waals surface area contributed by atoms with Gasteiger partial charge in [0.05, 0.1) is 0 Å². The largest absolute Gasteiger partial charge is 0.444 e. The summed E-state index contributed by atoms with van der Waals surface area (Å²) in [6.07, 6.45) is 2.76. The predicted octanol–water partition coefficient (Wildman–Crippen LogP) is 5.77. The molecule has 1 aliphatic heterocycles. The van der Waals surface area contributed by atoms with E-state index in [4.69, 9.17) is 9.26 Å². The molecule has 7 nitrogen and oxygen atoms in total. The number of nitrogens with zero attached hydrogens (tertiary/aromatic N) is 4. The molecule has 1 aliphatic rings. The van der Waals surface area contributed by atoms with Crippen molar-refractivity contribution in [1.82, 2.24) is 20.0 Å². The van der Waals surface area contributed by atoms with Crippen LogP contribution in [0.2, 0.25) is 0 Å². The van der Waals surface area contributed by atoms with Gasteiger partial charge in [0.15, 0.2) is 0 Å². The molecular formula is C26H29FN4O3. The van der Waals surface area contributed by atoms with E-state index < -0.39 is 5.60 Å². The number of carbonyl (C=O) groups is 1. The summed E-state index contributed by atoms with van der Waals surface area (Å²) in [5.74, 6) is 6.22. The Hall–Kier alpha value is -3.73. The van der Waals surface area contributed by atoms with Gasteiger partial charge in [-0.15, -0.1) is 0 Å². The normalized spacial score (nSPS) is 15.1. The Kier molecular flexibility index (Phi) is 8.00. The second kappa shape index (κ2) is 10.9. The highest BCUT2D eigenvalue weighted by molar-refractivity contribution is 5.69. The van der Waals surface area contributed by atoms with Crippen molar-refractivity contribution in [3.8, 4) is 23.4 Å². The van der Waals surface area contributed by atoms with Crippen molar-refractivity contribution in [3.63, 3.8) is 0 Å². The van der Waals surface area contributed by atoms with E-state index in [2.05, 4.69) is 27.0 Å². The van der Waals surface area contributed by atoms with Crippen LogP contribution >= 0.6 is 0 Å². The standard InChI is InChI=1S/C24H23FN4O3.C2H6/c1-24(2,3)31-23(30)29-13-5-8-20(29)22-27-21(28-32-22)19-12-11-17(15-26-19)10-9-16-6-4-7-18(25)14-16;1-2/h4,6-7,11-12,14-15,20H,5,8,13H2,1-3H3;1-2H3. The third-order valence-corrected chi connectivity index (χ3v) is 4.78. The number of halogens is 1. The molecule has 1 fully saturated rings. The zero-order valence-electron chi connectivity index (χ0n) is 20.1. The third-order valence-electron chi connectivity index (χ3n) is 4.78. The molecule has 3 aromatic rings. The fourth-order valence-corrected chi connectivity index (χ4v) is 3.35. The van der Waals surface area contributed by atoms with Crippen molar-refractivity contribution >= 4 is 6.09 Å². The summed E-state index contributed by atoms with van der Waals surface area (Å²) in [6.45, 7) is 10.1. The molecule has 0 radical (unpaired) electrons. The second-order valence-electron chi connectivity index (χ2n) is 8.48. The van der Waals surface area contributed by atoms with Gasteiger partial charge in [0.1, 0.15) is 23.2 Å². The fourth-order valence-electron chi connectivity index (χ4n) is 3.35. The van der Waals surface area contributed by atoms with Gasteiger partial charge in [-0.05, 0) is 63.9 Å². The quantitative estimate of drug-likeness (QED) is 0.448. The van der Waals surface area contributed by atoms with Crippen LogP contribution in [0.5, 0.6) is 0 Å². The van der Waals surface area contributed by atoms with Gasteiger partial charge in [-0.3, -0.25) is 9.88 Å². The summed E-state index contributed by atoms with van der Waals surface area (Å²) < 4.78 is 24.2.